The van der Waals surface area contributed by atoms with Gasteiger partial charge in [-0.15, -0.1) is 0 Å². The average molecular weight is 277 g/mol. The molecule has 19 heavy (non-hydrogen) atoms. The highest BCUT2D eigenvalue weighted by atomic mass is 32.2. The maximum atomic E-state index is 5.37. The predicted molar refractivity (Wildman–Crippen MR) is 82.2 cm³/mol. The van der Waals surface area contributed by atoms with Crippen LogP contribution in [0.2, 0.25) is 0 Å². The number of hydrogen-bond donors (Lipinski definition) is 1. The highest BCUT2D eigenvalue weighted by molar-refractivity contribution is 8.00. The molecule has 3 heteroatoms. The maximum absolute atomic E-state index is 5.37. The van der Waals surface area contributed by atoms with E-state index in [-0.39, 0.29) is 0 Å². The lowest BCUT2D eigenvalue weighted by molar-refractivity contribution is 0.408. The van der Waals surface area contributed by atoms with Crippen LogP contribution in [-0.4, -0.2) is 24.7 Å². The van der Waals surface area contributed by atoms with Crippen molar-refractivity contribution in [1.82, 2.24) is 5.32 Å². The highest BCUT2D eigenvalue weighted by Crippen LogP contribution is 2.33. The highest BCUT2D eigenvalue weighted by Gasteiger charge is 2.22. The first-order chi connectivity index (χ1) is 9.36. The lowest BCUT2D eigenvalue weighted by Crippen LogP contribution is -2.30. The first-order valence-corrected chi connectivity index (χ1v) is 8.43. The van der Waals surface area contributed by atoms with Crippen LogP contribution in [0, 0.1) is 0 Å². The minimum absolute atomic E-state index is 0.528. The molecule has 1 N–H and O–H groups in total. The molecule has 0 amide bonds. The number of fused-ring (bicyclic) bond motifs is 1. The van der Waals surface area contributed by atoms with Crippen molar-refractivity contribution < 1.29 is 4.74 Å². The Morgan fingerprint density at radius 2 is 2.26 bits per heavy atom. The van der Waals surface area contributed by atoms with E-state index in [1.807, 2.05) is 0 Å². The number of nitrogens with one attached hydrogen (secondary N) is 1. The van der Waals surface area contributed by atoms with Crippen molar-refractivity contribution in [3.63, 3.8) is 0 Å². The molecule has 3 rings (SSSR count). The molecular weight excluding hydrogens is 254 g/mol. The molecule has 2 nitrogen and oxygen atoms in total. The summed E-state index contributed by atoms with van der Waals surface area (Å²) in [6.45, 7) is 1.16. The molecule has 0 aromatic heterocycles. The van der Waals surface area contributed by atoms with Gasteiger partial charge in [0.05, 0.1) is 7.11 Å². The number of benzene rings is 1. The molecule has 1 saturated heterocycles. The molecule has 0 radical (unpaired) electrons. The summed E-state index contributed by atoms with van der Waals surface area (Å²) in [7, 11) is 1.75. The van der Waals surface area contributed by atoms with Gasteiger partial charge in [0, 0.05) is 17.8 Å². The summed E-state index contributed by atoms with van der Waals surface area (Å²) in [6.07, 6.45) is 6.56. The van der Waals surface area contributed by atoms with Crippen molar-refractivity contribution in [2.75, 3.05) is 19.4 Å². The van der Waals surface area contributed by atoms with E-state index in [1.54, 1.807) is 7.11 Å². The Morgan fingerprint density at radius 1 is 1.32 bits per heavy atom. The summed E-state index contributed by atoms with van der Waals surface area (Å²) >= 11 is 2.13. The molecule has 1 heterocycles. The second-order valence-electron chi connectivity index (χ2n) is 5.55. The zero-order valence-electron chi connectivity index (χ0n) is 11.7. The van der Waals surface area contributed by atoms with E-state index in [0.717, 1.165) is 17.5 Å². The molecule has 0 spiro atoms. The second-order valence-corrected chi connectivity index (χ2v) is 6.96. The first-order valence-electron chi connectivity index (χ1n) is 7.38. The van der Waals surface area contributed by atoms with E-state index in [9.17, 15) is 0 Å². The van der Waals surface area contributed by atoms with E-state index in [1.165, 1.54) is 49.0 Å². The molecule has 0 bridgehead atoms. The van der Waals surface area contributed by atoms with E-state index < -0.39 is 0 Å². The SMILES string of the molecule is COc1ccc2c(c1)C(NCC1CCCS1)CCC2. The Balaban J connectivity index is 1.69. The summed E-state index contributed by atoms with van der Waals surface area (Å²) in [5, 5.41) is 4.62. The molecule has 1 aromatic carbocycles. The van der Waals surface area contributed by atoms with Crippen molar-refractivity contribution >= 4 is 11.8 Å². The van der Waals surface area contributed by atoms with Gasteiger partial charge in [0.1, 0.15) is 5.75 Å². The summed E-state index contributed by atoms with van der Waals surface area (Å²) < 4.78 is 5.37. The van der Waals surface area contributed by atoms with Gasteiger partial charge in [-0.25, -0.2) is 0 Å². The second kappa shape index (κ2) is 6.19. The monoisotopic (exact) mass is 277 g/mol. The van der Waals surface area contributed by atoms with Crippen molar-refractivity contribution in [3.05, 3.63) is 29.3 Å². The van der Waals surface area contributed by atoms with Gasteiger partial charge in [0.15, 0.2) is 0 Å². The maximum Gasteiger partial charge on any atom is 0.119 e. The van der Waals surface area contributed by atoms with Crippen LogP contribution in [0.5, 0.6) is 5.75 Å². The normalized spacial score (nSPS) is 26.2. The van der Waals surface area contributed by atoms with Crippen LogP contribution in [-0.2, 0) is 6.42 Å². The lowest BCUT2D eigenvalue weighted by atomic mass is 9.87. The fourth-order valence-electron chi connectivity index (χ4n) is 3.20. The zero-order valence-corrected chi connectivity index (χ0v) is 12.5. The molecule has 1 fully saturated rings. The van der Waals surface area contributed by atoms with Crippen LogP contribution in [0.15, 0.2) is 18.2 Å². The van der Waals surface area contributed by atoms with Gasteiger partial charge in [-0.3, -0.25) is 0 Å². The van der Waals surface area contributed by atoms with Gasteiger partial charge >= 0.3 is 0 Å². The third-order valence-electron chi connectivity index (χ3n) is 4.28. The molecule has 1 aliphatic heterocycles. The first kappa shape index (κ1) is 13.3. The summed E-state index contributed by atoms with van der Waals surface area (Å²) in [5.41, 5.74) is 2.97. The third kappa shape index (κ3) is 3.09. The van der Waals surface area contributed by atoms with Gasteiger partial charge in [-0.1, -0.05) is 6.07 Å². The minimum Gasteiger partial charge on any atom is -0.497 e. The van der Waals surface area contributed by atoms with E-state index in [0.29, 0.717) is 6.04 Å². The molecule has 2 unspecified atom stereocenters. The molecule has 104 valence electrons. The minimum atomic E-state index is 0.528. The summed E-state index contributed by atoms with van der Waals surface area (Å²) in [6, 6.07) is 7.09. The third-order valence-corrected chi connectivity index (χ3v) is 5.68. The van der Waals surface area contributed by atoms with Crippen LogP contribution >= 0.6 is 11.8 Å². The molecule has 2 atom stereocenters. The van der Waals surface area contributed by atoms with E-state index in [4.69, 9.17) is 4.74 Å². The van der Waals surface area contributed by atoms with Crippen LogP contribution < -0.4 is 10.1 Å². The number of aryl methyl sites for hydroxylation is 1. The van der Waals surface area contributed by atoms with Crippen LogP contribution in [0.3, 0.4) is 0 Å². The van der Waals surface area contributed by atoms with Gasteiger partial charge in [-0.05, 0) is 61.1 Å². The van der Waals surface area contributed by atoms with Crippen LogP contribution in [0.4, 0.5) is 0 Å². The Labute approximate surface area is 120 Å². The number of rotatable bonds is 4. The van der Waals surface area contributed by atoms with Crippen molar-refractivity contribution in [2.24, 2.45) is 0 Å². The zero-order chi connectivity index (χ0) is 13.1. The van der Waals surface area contributed by atoms with Gasteiger partial charge < -0.3 is 10.1 Å². The predicted octanol–water partition coefficient (Wildman–Crippen LogP) is 3.56. The van der Waals surface area contributed by atoms with Crippen LogP contribution in [0.25, 0.3) is 0 Å². The van der Waals surface area contributed by atoms with E-state index >= 15 is 0 Å². The standard InChI is InChI=1S/C16H23NOS/c1-18-13-8-7-12-4-2-6-16(15(12)10-13)17-11-14-5-3-9-19-14/h7-8,10,14,16-17H,2-6,9,11H2,1H3. The molecule has 2 aliphatic rings. The largest absolute Gasteiger partial charge is 0.497 e. The van der Waals surface area contributed by atoms with E-state index in [2.05, 4.69) is 35.3 Å². The Kier molecular flexibility index (Phi) is 4.34. The number of thioether (sulfide) groups is 1. The fourth-order valence-corrected chi connectivity index (χ4v) is 4.41. The Morgan fingerprint density at radius 3 is 3.05 bits per heavy atom. The molecule has 1 aromatic rings. The van der Waals surface area contributed by atoms with Gasteiger partial charge in [0.25, 0.3) is 0 Å². The average Bonchev–Trinajstić information content (AvgIpc) is 2.97. The summed E-state index contributed by atoms with van der Waals surface area (Å²) in [4.78, 5) is 0. The Bertz CT molecular complexity index is 429. The number of hydrogen-bond acceptors (Lipinski definition) is 3. The topological polar surface area (TPSA) is 21.3 Å². The summed E-state index contributed by atoms with van der Waals surface area (Å²) in [5.74, 6) is 2.34. The fraction of sp³-hybridized carbons (Fsp3) is 0.625. The number of ether oxygens (including phenoxy) is 1. The van der Waals surface area contributed by atoms with Crippen molar-refractivity contribution in [3.8, 4) is 5.75 Å². The Hall–Kier alpha value is -0.670. The van der Waals surface area contributed by atoms with Crippen molar-refractivity contribution in [2.45, 2.75) is 43.4 Å². The van der Waals surface area contributed by atoms with Gasteiger partial charge in [-0.2, -0.15) is 11.8 Å². The van der Waals surface area contributed by atoms with Crippen molar-refractivity contribution in [1.29, 1.82) is 0 Å². The van der Waals surface area contributed by atoms with Gasteiger partial charge in [0.2, 0.25) is 0 Å². The molecule has 0 saturated carbocycles. The molecule has 1 aliphatic carbocycles. The number of methoxy groups -OCH3 is 1. The van der Waals surface area contributed by atoms with Crippen LogP contribution in [0.1, 0.15) is 42.9 Å². The molecular formula is C16H23NOS. The lowest BCUT2D eigenvalue weighted by Gasteiger charge is -2.28. The quantitative estimate of drug-likeness (QED) is 0.909. The smallest absolute Gasteiger partial charge is 0.119 e.